The second kappa shape index (κ2) is 14.0. The first-order chi connectivity index (χ1) is 8.27. The fourth-order valence-corrected chi connectivity index (χ4v) is 2.14. The average Bonchev–Trinajstić information content (AvgIpc) is 2.30. The normalized spacial score (nSPS) is 11.3. The molecule has 104 valence electrons. The van der Waals surface area contributed by atoms with Gasteiger partial charge in [-0.15, -0.1) is 0 Å². The van der Waals surface area contributed by atoms with Crippen molar-refractivity contribution in [2.45, 2.75) is 85.0 Å². The van der Waals surface area contributed by atoms with Crippen molar-refractivity contribution in [2.75, 3.05) is 13.1 Å². The van der Waals surface area contributed by atoms with E-state index in [-0.39, 0.29) is 0 Å². The molecule has 1 heteroatoms. The lowest BCUT2D eigenvalue weighted by atomic mass is 10.1. The summed E-state index contributed by atoms with van der Waals surface area (Å²) in [4.78, 5) is 0. The van der Waals surface area contributed by atoms with Gasteiger partial charge in [0.1, 0.15) is 0 Å². The minimum atomic E-state index is 0.861. The van der Waals surface area contributed by atoms with Crippen LogP contribution >= 0.6 is 0 Å². The standard InChI is InChI=1S/C16H35N/c1-4-5-6-7-8-9-10-11-14-17-15-12-13-16(2)3/h16-17H,4-15H2,1-3H3. The van der Waals surface area contributed by atoms with E-state index in [1.807, 2.05) is 0 Å². The summed E-state index contributed by atoms with van der Waals surface area (Å²) in [6.45, 7) is 9.34. The molecule has 1 N–H and O–H groups in total. The lowest BCUT2D eigenvalue weighted by molar-refractivity contribution is 0.512. The van der Waals surface area contributed by atoms with Crippen LogP contribution in [0, 0.1) is 5.92 Å². The van der Waals surface area contributed by atoms with Crippen LogP contribution in [0.5, 0.6) is 0 Å². The quantitative estimate of drug-likeness (QED) is 0.440. The summed E-state index contributed by atoms with van der Waals surface area (Å²) in [6.07, 6.45) is 14.1. The lowest BCUT2D eigenvalue weighted by Gasteiger charge is -2.06. The molecule has 0 saturated heterocycles. The molecule has 0 saturated carbocycles. The number of nitrogens with one attached hydrogen (secondary N) is 1. The molecule has 0 aliphatic heterocycles. The fraction of sp³-hybridized carbons (Fsp3) is 1.00. The zero-order valence-electron chi connectivity index (χ0n) is 12.6. The molecule has 0 unspecified atom stereocenters. The maximum absolute atomic E-state index is 3.55. The molecule has 0 aromatic rings. The molecular weight excluding hydrogens is 206 g/mol. The molecule has 0 radical (unpaired) electrons. The summed E-state index contributed by atoms with van der Waals surface area (Å²) in [7, 11) is 0. The highest BCUT2D eigenvalue weighted by molar-refractivity contribution is 4.52. The Morgan fingerprint density at radius 2 is 1.24 bits per heavy atom. The minimum absolute atomic E-state index is 0.861. The predicted octanol–water partition coefficient (Wildman–Crippen LogP) is 5.15. The van der Waals surface area contributed by atoms with Gasteiger partial charge in [-0.1, -0.05) is 65.7 Å². The maximum atomic E-state index is 3.55. The molecule has 1 nitrogen and oxygen atoms in total. The van der Waals surface area contributed by atoms with Crippen molar-refractivity contribution in [1.29, 1.82) is 0 Å². The van der Waals surface area contributed by atoms with Crippen molar-refractivity contribution in [3.8, 4) is 0 Å². The van der Waals surface area contributed by atoms with E-state index in [0.29, 0.717) is 0 Å². The molecule has 0 amide bonds. The van der Waals surface area contributed by atoms with Gasteiger partial charge in [-0.25, -0.2) is 0 Å². The lowest BCUT2D eigenvalue weighted by Crippen LogP contribution is -2.17. The van der Waals surface area contributed by atoms with E-state index in [1.54, 1.807) is 0 Å². The number of unbranched alkanes of at least 4 members (excludes halogenated alkanes) is 7. The summed E-state index contributed by atoms with van der Waals surface area (Å²) < 4.78 is 0. The number of rotatable bonds is 13. The summed E-state index contributed by atoms with van der Waals surface area (Å²) in [5.41, 5.74) is 0. The first-order valence-electron chi connectivity index (χ1n) is 7.98. The molecule has 0 atom stereocenters. The van der Waals surface area contributed by atoms with Crippen LogP contribution in [-0.2, 0) is 0 Å². The van der Waals surface area contributed by atoms with E-state index in [4.69, 9.17) is 0 Å². The molecule has 0 fully saturated rings. The van der Waals surface area contributed by atoms with E-state index in [9.17, 15) is 0 Å². The molecule has 0 rings (SSSR count). The fourth-order valence-electron chi connectivity index (χ4n) is 2.14. The monoisotopic (exact) mass is 241 g/mol. The second-order valence-electron chi connectivity index (χ2n) is 5.76. The largest absolute Gasteiger partial charge is 0.317 e. The Morgan fingerprint density at radius 1 is 0.706 bits per heavy atom. The van der Waals surface area contributed by atoms with Crippen molar-refractivity contribution in [3.63, 3.8) is 0 Å². The molecule has 0 bridgehead atoms. The predicted molar refractivity (Wildman–Crippen MR) is 79.6 cm³/mol. The Labute approximate surface area is 110 Å². The van der Waals surface area contributed by atoms with Gasteiger partial charge in [0, 0.05) is 0 Å². The van der Waals surface area contributed by atoms with Crippen molar-refractivity contribution >= 4 is 0 Å². The van der Waals surface area contributed by atoms with Gasteiger partial charge in [-0.3, -0.25) is 0 Å². The summed E-state index contributed by atoms with van der Waals surface area (Å²) in [5, 5.41) is 3.55. The number of hydrogen-bond donors (Lipinski definition) is 1. The first kappa shape index (κ1) is 17.0. The minimum Gasteiger partial charge on any atom is -0.317 e. The van der Waals surface area contributed by atoms with E-state index < -0.39 is 0 Å². The van der Waals surface area contributed by atoms with Gasteiger partial charge in [0.25, 0.3) is 0 Å². The van der Waals surface area contributed by atoms with Crippen LogP contribution in [0.4, 0.5) is 0 Å². The molecule has 0 aromatic heterocycles. The van der Waals surface area contributed by atoms with E-state index in [2.05, 4.69) is 26.1 Å². The van der Waals surface area contributed by atoms with Crippen LogP contribution in [0.25, 0.3) is 0 Å². The van der Waals surface area contributed by atoms with Crippen LogP contribution < -0.4 is 5.32 Å². The Bertz CT molecular complexity index is 131. The topological polar surface area (TPSA) is 12.0 Å². The zero-order chi connectivity index (χ0) is 12.8. The highest BCUT2D eigenvalue weighted by atomic mass is 14.8. The summed E-state index contributed by atoms with van der Waals surface area (Å²) in [6, 6.07) is 0. The van der Waals surface area contributed by atoms with Gasteiger partial charge in [-0.2, -0.15) is 0 Å². The molecule has 0 aliphatic carbocycles. The third kappa shape index (κ3) is 16.0. The summed E-state index contributed by atoms with van der Waals surface area (Å²) in [5.74, 6) is 0.861. The molecule has 0 spiro atoms. The molecular formula is C16H35N. The van der Waals surface area contributed by atoms with Crippen LogP contribution in [0.3, 0.4) is 0 Å². The third-order valence-corrected chi connectivity index (χ3v) is 3.34. The van der Waals surface area contributed by atoms with Gasteiger partial charge >= 0.3 is 0 Å². The Morgan fingerprint density at radius 3 is 1.82 bits per heavy atom. The second-order valence-corrected chi connectivity index (χ2v) is 5.76. The van der Waals surface area contributed by atoms with Crippen LogP contribution in [-0.4, -0.2) is 13.1 Å². The molecule has 0 heterocycles. The Kier molecular flexibility index (Phi) is 14.0. The van der Waals surface area contributed by atoms with Crippen molar-refractivity contribution in [3.05, 3.63) is 0 Å². The Hall–Kier alpha value is -0.0400. The average molecular weight is 241 g/mol. The maximum Gasteiger partial charge on any atom is -0.00488 e. The van der Waals surface area contributed by atoms with Crippen LogP contribution in [0.1, 0.15) is 85.0 Å². The molecule has 0 aliphatic rings. The highest BCUT2D eigenvalue weighted by Gasteiger charge is 1.94. The van der Waals surface area contributed by atoms with Gasteiger partial charge < -0.3 is 5.32 Å². The van der Waals surface area contributed by atoms with Crippen molar-refractivity contribution in [1.82, 2.24) is 5.32 Å². The van der Waals surface area contributed by atoms with E-state index in [1.165, 1.54) is 77.3 Å². The van der Waals surface area contributed by atoms with Gasteiger partial charge in [-0.05, 0) is 38.3 Å². The van der Waals surface area contributed by atoms with E-state index >= 15 is 0 Å². The van der Waals surface area contributed by atoms with Gasteiger partial charge in [0.15, 0.2) is 0 Å². The van der Waals surface area contributed by atoms with Crippen LogP contribution in [0.2, 0.25) is 0 Å². The third-order valence-electron chi connectivity index (χ3n) is 3.34. The summed E-state index contributed by atoms with van der Waals surface area (Å²) >= 11 is 0. The first-order valence-corrected chi connectivity index (χ1v) is 7.98. The zero-order valence-corrected chi connectivity index (χ0v) is 12.6. The van der Waals surface area contributed by atoms with E-state index in [0.717, 1.165) is 5.92 Å². The molecule has 0 aromatic carbocycles. The Balaban J connectivity index is 2.89. The van der Waals surface area contributed by atoms with Crippen molar-refractivity contribution in [2.24, 2.45) is 5.92 Å². The molecule has 17 heavy (non-hydrogen) atoms. The highest BCUT2D eigenvalue weighted by Crippen LogP contribution is 2.08. The van der Waals surface area contributed by atoms with Crippen molar-refractivity contribution < 1.29 is 0 Å². The number of hydrogen-bond acceptors (Lipinski definition) is 1. The van der Waals surface area contributed by atoms with Gasteiger partial charge in [0.2, 0.25) is 0 Å². The smallest absolute Gasteiger partial charge is 0.00488 e. The van der Waals surface area contributed by atoms with Crippen LogP contribution in [0.15, 0.2) is 0 Å². The van der Waals surface area contributed by atoms with Gasteiger partial charge in [0.05, 0.1) is 0 Å². The SMILES string of the molecule is CCCCCCCCCCNCCCC(C)C.